The van der Waals surface area contributed by atoms with Crippen molar-refractivity contribution in [2.45, 2.75) is 12.5 Å². The van der Waals surface area contributed by atoms with Crippen LogP contribution >= 0.6 is 24.0 Å². The molecule has 4 N–H and O–H groups in total. The van der Waals surface area contributed by atoms with Crippen molar-refractivity contribution in [1.82, 2.24) is 0 Å². The molecule has 15 heavy (non-hydrogen) atoms. The summed E-state index contributed by atoms with van der Waals surface area (Å²) in [5.41, 5.74) is 5.81. The van der Waals surface area contributed by atoms with Crippen LogP contribution in [0.5, 0.6) is 5.75 Å². The van der Waals surface area contributed by atoms with E-state index in [1.54, 1.807) is 0 Å². The van der Waals surface area contributed by atoms with E-state index in [9.17, 15) is 9.50 Å². The SMILES string of the molecule is Cl.NC(CCO)c1cc(F)cc(Cl)c1O. The second-order valence-corrected chi connectivity index (χ2v) is 3.35. The van der Waals surface area contributed by atoms with Crippen molar-refractivity contribution < 1.29 is 14.6 Å². The van der Waals surface area contributed by atoms with Crippen LogP contribution < -0.4 is 5.73 Å². The molecule has 0 bridgehead atoms. The number of aliphatic hydroxyl groups excluding tert-OH is 1. The van der Waals surface area contributed by atoms with Crippen LogP contribution in [0.2, 0.25) is 5.02 Å². The van der Waals surface area contributed by atoms with E-state index in [0.717, 1.165) is 12.1 Å². The molecule has 0 aliphatic heterocycles. The number of halogens is 3. The summed E-state index contributed by atoms with van der Waals surface area (Å²) < 4.78 is 12.9. The molecule has 1 unspecified atom stereocenters. The summed E-state index contributed by atoms with van der Waals surface area (Å²) in [5.74, 6) is -0.787. The van der Waals surface area contributed by atoms with Gasteiger partial charge in [-0.3, -0.25) is 0 Å². The number of rotatable bonds is 3. The molecule has 0 saturated heterocycles. The van der Waals surface area contributed by atoms with Gasteiger partial charge in [-0.15, -0.1) is 12.4 Å². The van der Waals surface area contributed by atoms with Gasteiger partial charge in [0.15, 0.2) is 0 Å². The summed E-state index contributed by atoms with van der Waals surface area (Å²) in [7, 11) is 0. The van der Waals surface area contributed by atoms with Gasteiger partial charge in [0.1, 0.15) is 11.6 Å². The quantitative estimate of drug-likeness (QED) is 0.774. The Kier molecular flexibility index (Phi) is 5.90. The van der Waals surface area contributed by atoms with Crippen LogP contribution in [0, 0.1) is 5.82 Å². The molecule has 0 spiro atoms. The molecular formula is C9H12Cl2FNO2. The highest BCUT2D eigenvalue weighted by Gasteiger charge is 2.14. The van der Waals surface area contributed by atoms with Crippen LogP contribution in [-0.4, -0.2) is 16.8 Å². The third-order valence-corrected chi connectivity index (χ3v) is 2.19. The Labute approximate surface area is 98.1 Å². The molecule has 86 valence electrons. The Balaban J connectivity index is 0.00000196. The minimum Gasteiger partial charge on any atom is -0.506 e. The third kappa shape index (κ3) is 3.50. The first-order valence-electron chi connectivity index (χ1n) is 4.10. The first-order valence-corrected chi connectivity index (χ1v) is 4.48. The lowest BCUT2D eigenvalue weighted by Gasteiger charge is -2.13. The molecule has 0 aliphatic rings. The highest BCUT2D eigenvalue weighted by Crippen LogP contribution is 2.32. The normalized spacial score (nSPS) is 12.0. The van der Waals surface area contributed by atoms with Crippen LogP contribution in [0.4, 0.5) is 4.39 Å². The predicted molar refractivity (Wildman–Crippen MR) is 59.0 cm³/mol. The van der Waals surface area contributed by atoms with Gasteiger partial charge >= 0.3 is 0 Å². The summed E-state index contributed by atoms with van der Waals surface area (Å²) in [6, 6.07) is 1.50. The van der Waals surface area contributed by atoms with Crippen molar-refractivity contribution in [1.29, 1.82) is 0 Å². The number of aromatic hydroxyl groups is 1. The van der Waals surface area contributed by atoms with E-state index in [4.69, 9.17) is 22.4 Å². The van der Waals surface area contributed by atoms with Crippen molar-refractivity contribution >= 4 is 24.0 Å². The van der Waals surface area contributed by atoms with Gasteiger partial charge in [-0.1, -0.05) is 11.6 Å². The summed E-state index contributed by atoms with van der Waals surface area (Å²) in [6.07, 6.45) is 0.243. The average Bonchev–Trinajstić information content (AvgIpc) is 2.11. The van der Waals surface area contributed by atoms with Crippen molar-refractivity contribution in [3.63, 3.8) is 0 Å². The molecule has 0 aromatic heterocycles. The van der Waals surface area contributed by atoms with E-state index in [1.165, 1.54) is 0 Å². The third-order valence-electron chi connectivity index (χ3n) is 1.90. The van der Waals surface area contributed by atoms with Crippen molar-refractivity contribution in [2.24, 2.45) is 5.73 Å². The average molecular weight is 256 g/mol. The van der Waals surface area contributed by atoms with Crippen molar-refractivity contribution in [2.75, 3.05) is 6.61 Å². The van der Waals surface area contributed by atoms with Gasteiger partial charge in [0.2, 0.25) is 0 Å². The van der Waals surface area contributed by atoms with E-state index in [0.29, 0.717) is 0 Å². The highest BCUT2D eigenvalue weighted by molar-refractivity contribution is 6.32. The van der Waals surface area contributed by atoms with Gasteiger partial charge in [-0.05, 0) is 18.6 Å². The molecule has 1 aromatic rings. The second kappa shape index (κ2) is 6.12. The minimum absolute atomic E-state index is 0. The van der Waals surface area contributed by atoms with Gasteiger partial charge in [0.05, 0.1) is 5.02 Å². The zero-order valence-electron chi connectivity index (χ0n) is 7.78. The predicted octanol–water partition coefficient (Wildman–Crippen LogP) is 1.99. The van der Waals surface area contributed by atoms with Gasteiger partial charge in [0.25, 0.3) is 0 Å². The number of hydrogen-bond donors (Lipinski definition) is 3. The maximum atomic E-state index is 12.9. The fourth-order valence-electron chi connectivity index (χ4n) is 1.16. The Hall–Kier alpha value is -0.550. The van der Waals surface area contributed by atoms with E-state index in [1.807, 2.05) is 0 Å². The van der Waals surface area contributed by atoms with Crippen LogP contribution in [0.1, 0.15) is 18.0 Å². The lowest BCUT2D eigenvalue weighted by Crippen LogP contribution is -2.12. The van der Waals surface area contributed by atoms with Crippen LogP contribution in [-0.2, 0) is 0 Å². The lowest BCUT2D eigenvalue weighted by molar-refractivity contribution is 0.275. The Morgan fingerprint density at radius 3 is 2.60 bits per heavy atom. The summed E-state index contributed by atoms with van der Waals surface area (Å²) in [4.78, 5) is 0. The van der Waals surface area contributed by atoms with E-state index < -0.39 is 11.9 Å². The number of benzene rings is 1. The number of aliphatic hydroxyl groups is 1. The largest absolute Gasteiger partial charge is 0.506 e. The molecule has 0 amide bonds. The minimum atomic E-state index is -0.617. The van der Waals surface area contributed by atoms with E-state index >= 15 is 0 Å². The highest BCUT2D eigenvalue weighted by atomic mass is 35.5. The molecular weight excluding hydrogens is 244 g/mol. The van der Waals surface area contributed by atoms with Gasteiger partial charge < -0.3 is 15.9 Å². The lowest BCUT2D eigenvalue weighted by atomic mass is 10.0. The standard InChI is InChI=1S/C9H11ClFNO2.ClH/c10-7-4-5(11)3-6(9(7)14)8(12)1-2-13;/h3-4,8,13-14H,1-2,12H2;1H. The fourth-order valence-corrected chi connectivity index (χ4v) is 1.38. The molecule has 1 rings (SSSR count). The van der Waals surface area contributed by atoms with Gasteiger partial charge in [0, 0.05) is 18.2 Å². The molecule has 0 heterocycles. The molecule has 0 saturated carbocycles. The number of phenols is 1. The first kappa shape index (κ1) is 14.5. The summed E-state index contributed by atoms with van der Waals surface area (Å²) in [6.45, 7) is -0.130. The molecule has 0 fully saturated rings. The first-order chi connectivity index (χ1) is 6.56. The Morgan fingerprint density at radius 1 is 1.47 bits per heavy atom. The zero-order valence-corrected chi connectivity index (χ0v) is 9.35. The zero-order chi connectivity index (χ0) is 10.7. The number of hydrogen-bond acceptors (Lipinski definition) is 3. The van der Waals surface area contributed by atoms with E-state index in [-0.39, 0.29) is 41.8 Å². The molecule has 0 radical (unpaired) electrons. The number of nitrogens with two attached hydrogens (primary N) is 1. The van der Waals surface area contributed by atoms with Crippen LogP contribution in [0.15, 0.2) is 12.1 Å². The topological polar surface area (TPSA) is 66.5 Å². The van der Waals surface area contributed by atoms with Gasteiger partial charge in [-0.25, -0.2) is 4.39 Å². The molecule has 1 atom stereocenters. The summed E-state index contributed by atoms with van der Waals surface area (Å²) >= 11 is 5.56. The van der Waals surface area contributed by atoms with Crippen LogP contribution in [0.25, 0.3) is 0 Å². The van der Waals surface area contributed by atoms with Crippen molar-refractivity contribution in [3.05, 3.63) is 28.5 Å². The molecule has 0 aliphatic carbocycles. The molecule has 3 nitrogen and oxygen atoms in total. The maximum absolute atomic E-state index is 12.9. The fraction of sp³-hybridized carbons (Fsp3) is 0.333. The van der Waals surface area contributed by atoms with Gasteiger partial charge in [-0.2, -0.15) is 0 Å². The van der Waals surface area contributed by atoms with Crippen LogP contribution in [0.3, 0.4) is 0 Å². The molecule has 6 heteroatoms. The monoisotopic (exact) mass is 255 g/mol. The Morgan fingerprint density at radius 2 is 2.07 bits per heavy atom. The number of phenolic OH excluding ortho intramolecular Hbond substituents is 1. The smallest absolute Gasteiger partial charge is 0.139 e. The Bertz CT molecular complexity index is 336. The van der Waals surface area contributed by atoms with Crippen molar-refractivity contribution in [3.8, 4) is 5.75 Å². The van der Waals surface area contributed by atoms with E-state index in [2.05, 4.69) is 0 Å². The second-order valence-electron chi connectivity index (χ2n) is 2.94. The molecule has 1 aromatic carbocycles. The maximum Gasteiger partial charge on any atom is 0.139 e. The summed E-state index contributed by atoms with van der Waals surface area (Å²) in [5, 5.41) is 18.0.